The molecule has 2 aromatic carbocycles. The molecule has 27 heavy (non-hydrogen) atoms. The summed E-state index contributed by atoms with van der Waals surface area (Å²) in [6.07, 6.45) is 3.77. The van der Waals surface area contributed by atoms with Crippen LogP contribution >= 0.6 is 0 Å². The fraction of sp³-hybridized carbons (Fsp3) is 0.182. The van der Waals surface area contributed by atoms with E-state index >= 15 is 0 Å². The number of para-hydroxylation sites is 1. The van der Waals surface area contributed by atoms with Gasteiger partial charge in [-0.2, -0.15) is 5.10 Å². The average molecular weight is 356 g/mol. The third-order valence-electron chi connectivity index (χ3n) is 4.86. The summed E-state index contributed by atoms with van der Waals surface area (Å²) < 4.78 is 7.70. The maximum atomic E-state index is 5.79. The Morgan fingerprint density at radius 2 is 1.85 bits per heavy atom. The molecular weight excluding hydrogens is 336 g/mol. The number of hydrogen-bond acceptors (Lipinski definition) is 4. The van der Waals surface area contributed by atoms with Crippen LogP contribution in [0.3, 0.4) is 0 Å². The predicted molar refractivity (Wildman–Crippen MR) is 106 cm³/mol. The Morgan fingerprint density at radius 1 is 1.04 bits per heavy atom. The highest BCUT2D eigenvalue weighted by Crippen LogP contribution is 2.41. The predicted octanol–water partition coefficient (Wildman–Crippen LogP) is 4.70. The van der Waals surface area contributed by atoms with Crippen LogP contribution in [-0.2, 0) is 0 Å². The topological polar surface area (TPSA) is 51.5 Å². The molecule has 5 heteroatoms. The van der Waals surface area contributed by atoms with Crippen molar-refractivity contribution in [2.45, 2.75) is 26.0 Å². The Morgan fingerprint density at radius 3 is 2.67 bits per heavy atom. The smallest absolute Gasteiger partial charge is 0.137 e. The van der Waals surface area contributed by atoms with Crippen LogP contribution in [0.4, 0.5) is 5.69 Å². The van der Waals surface area contributed by atoms with E-state index in [-0.39, 0.29) is 12.1 Å². The lowest BCUT2D eigenvalue weighted by molar-refractivity contribution is 0.242. The van der Waals surface area contributed by atoms with Crippen molar-refractivity contribution >= 4 is 11.2 Å². The zero-order chi connectivity index (χ0) is 18.4. The molecule has 3 heterocycles. The molecule has 1 aliphatic rings. The lowest BCUT2D eigenvalue weighted by Crippen LogP contribution is -2.11. The van der Waals surface area contributed by atoms with Crippen LogP contribution in [0.15, 0.2) is 67.1 Å². The van der Waals surface area contributed by atoms with E-state index in [1.54, 1.807) is 6.33 Å². The molecule has 2 aromatic heterocycles. The van der Waals surface area contributed by atoms with Crippen LogP contribution in [0.5, 0.6) is 5.75 Å². The van der Waals surface area contributed by atoms with Crippen LogP contribution in [0.25, 0.3) is 16.8 Å². The lowest BCUT2D eigenvalue weighted by Gasteiger charge is -2.20. The van der Waals surface area contributed by atoms with Gasteiger partial charge in [0.15, 0.2) is 0 Å². The van der Waals surface area contributed by atoms with Gasteiger partial charge >= 0.3 is 0 Å². The molecule has 0 saturated heterocycles. The molecule has 5 rings (SSSR count). The first-order valence-electron chi connectivity index (χ1n) is 9.15. The number of nitrogens with one attached hydrogen (secondary N) is 1. The minimum atomic E-state index is 0.0106. The first-order valence-corrected chi connectivity index (χ1v) is 9.15. The minimum Gasteiger partial charge on any atom is -0.491 e. The Kier molecular flexibility index (Phi) is 3.60. The first kappa shape index (κ1) is 15.9. The Labute approximate surface area is 157 Å². The Hall–Kier alpha value is -3.34. The first-order chi connectivity index (χ1) is 13.2. The van der Waals surface area contributed by atoms with Gasteiger partial charge in [0.05, 0.1) is 17.7 Å². The summed E-state index contributed by atoms with van der Waals surface area (Å²) in [5.41, 5.74) is 6.50. The number of nitrogens with zero attached hydrogens (tertiary/aromatic N) is 3. The van der Waals surface area contributed by atoms with E-state index in [9.17, 15) is 0 Å². The van der Waals surface area contributed by atoms with Gasteiger partial charge < -0.3 is 10.1 Å². The van der Waals surface area contributed by atoms with Crippen molar-refractivity contribution in [2.24, 2.45) is 0 Å². The van der Waals surface area contributed by atoms with Crippen LogP contribution in [0, 0.1) is 0 Å². The van der Waals surface area contributed by atoms with Gasteiger partial charge in [-0.3, -0.25) is 0 Å². The fourth-order valence-corrected chi connectivity index (χ4v) is 3.73. The molecule has 0 spiro atoms. The molecule has 0 saturated carbocycles. The van der Waals surface area contributed by atoms with E-state index < -0.39 is 0 Å². The van der Waals surface area contributed by atoms with Gasteiger partial charge in [0, 0.05) is 23.0 Å². The molecule has 0 radical (unpaired) electrons. The number of hydrogen-bond donors (Lipinski definition) is 1. The maximum Gasteiger partial charge on any atom is 0.137 e. The van der Waals surface area contributed by atoms with Crippen LogP contribution in [0.2, 0.25) is 0 Å². The Balaban J connectivity index is 1.67. The number of aromatic nitrogens is 3. The number of rotatable bonds is 3. The number of fused-ring (bicyclic) bond motifs is 2. The maximum absolute atomic E-state index is 5.79. The molecule has 134 valence electrons. The summed E-state index contributed by atoms with van der Waals surface area (Å²) in [4.78, 5) is 4.59. The second-order valence-electron chi connectivity index (χ2n) is 7.03. The van der Waals surface area contributed by atoms with Crippen LogP contribution < -0.4 is 10.1 Å². The SMILES string of the molecule is CC(C)Oc1ccc(C2Nc3ccccc3-c3ncnn4ccc2c34)cc1. The summed E-state index contributed by atoms with van der Waals surface area (Å²) in [5, 5.41) is 8.10. The lowest BCUT2D eigenvalue weighted by atomic mass is 9.99. The Bertz CT molecular complexity index is 1110. The zero-order valence-electron chi connectivity index (χ0n) is 15.3. The van der Waals surface area contributed by atoms with Gasteiger partial charge in [-0.15, -0.1) is 0 Å². The van der Waals surface area contributed by atoms with Gasteiger partial charge in [0.25, 0.3) is 0 Å². The zero-order valence-corrected chi connectivity index (χ0v) is 15.3. The summed E-state index contributed by atoms with van der Waals surface area (Å²) in [5.74, 6) is 0.883. The monoisotopic (exact) mass is 356 g/mol. The van der Waals surface area contributed by atoms with Crippen molar-refractivity contribution in [1.82, 2.24) is 14.6 Å². The van der Waals surface area contributed by atoms with E-state index in [0.717, 1.165) is 28.2 Å². The van der Waals surface area contributed by atoms with Crippen molar-refractivity contribution in [3.05, 3.63) is 78.2 Å². The molecule has 5 nitrogen and oxygen atoms in total. The summed E-state index contributed by atoms with van der Waals surface area (Å²) in [7, 11) is 0. The van der Waals surface area contributed by atoms with Crippen molar-refractivity contribution in [1.29, 1.82) is 0 Å². The third-order valence-corrected chi connectivity index (χ3v) is 4.86. The molecule has 0 fully saturated rings. The van der Waals surface area contributed by atoms with Crippen LogP contribution in [-0.4, -0.2) is 20.7 Å². The van der Waals surface area contributed by atoms with Crippen LogP contribution in [0.1, 0.15) is 31.0 Å². The van der Waals surface area contributed by atoms with Gasteiger partial charge in [0.2, 0.25) is 0 Å². The molecule has 0 amide bonds. The minimum absolute atomic E-state index is 0.0106. The standard InChI is InChI=1S/C22H20N4O/c1-14(2)27-16-9-7-15(8-10-16)20-18-11-12-26-22(18)21(23-13-24-26)17-5-3-4-6-19(17)25-20/h3-14,20,25H,1-2H3. The molecular formula is C22H20N4O. The highest BCUT2D eigenvalue weighted by Gasteiger charge is 2.26. The highest BCUT2D eigenvalue weighted by atomic mass is 16.5. The average Bonchev–Trinajstić information content (AvgIpc) is 3.04. The van der Waals surface area contributed by atoms with E-state index in [1.165, 1.54) is 11.1 Å². The van der Waals surface area contributed by atoms with Crippen molar-refractivity contribution in [3.8, 4) is 17.0 Å². The summed E-state index contributed by atoms with van der Waals surface area (Å²) in [6, 6.07) is 18.7. The number of ether oxygens (including phenoxy) is 1. The van der Waals surface area contributed by atoms with Gasteiger partial charge in [-0.25, -0.2) is 9.50 Å². The van der Waals surface area contributed by atoms with E-state index in [1.807, 2.05) is 48.8 Å². The summed E-state index contributed by atoms with van der Waals surface area (Å²) in [6.45, 7) is 4.07. The molecule has 1 aliphatic heterocycles. The molecule has 1 unspecified atom stereocenters. The fourth-order valence-electron chi connectivity index (χ4n) is 3.73. The number of anilines is 1. The van der Waals surface area contributed by atoms with Crippen molar-refractivity contribution in [3.63, 3.8) is 0 Å². The van der Waals surface area contributed by atoms with E-state index in [2.05, 4.69) is 45.7 Å². The van der Waals surface area contributed by atoms with E-state index in [0.29, 0.717) is 0 Å². The van der Waals surface area contributed by atoms with Crippen molar-refractivity contribution < 1.29 is 4.74 Å². The quantitative estimate of drug-likeness (QED) is 0.578. The largest absolute Gasteiger partial charge is 0.491 e. The van der Waals surface area contributed by atoms with Gasteiger partial charge in [-0.05, 0) is 43.7 Å². The second kappa shape index (κ2) is 6.13. The van der Waals surface area contributed by atoms with Crippen molar-refractivity contribution in [2.75, 3.05) is 5.32 Å². The number of benzene rings is 2. The second-order valence-corrected chi connectivity index (χ2v) is 7.03. The van der Waals surface area contributed by atoms with Gasteiger partial charge in [0.1, 0.15) is 17.8 Å². The molecule has 1 N–H and O–H groups in total. The third kappa shape index (κ3) is 2.63. The molecule has 4 aromatic rings. The van der Waals surface area contributed by atoms with Gasteiger partial charge in [-0.1, -0.05) is 30.3 Å². The summed E-state index contributed by atoms with van der Waals surface area (Å²) >= 11 is 0. The molecule has 0 bridgehead atoms. The normalized spacial score (nSPS) is 15.3. The molecule has 0 aliphatic carbocycles. The highest BCUT2D eigenvalue weighted by molar-refractivity contribution is 5.89. The van der Waals surface area contributed by atoms with E-state index in [4.69, 9.17) is 4.74 Å². The molecule has 1 atom stereocenters.